The molecule has 4 saturated heterocycles. The maximum atomic E-state index is 15.0. The van der Waals surface area contributed by atoms with Gasteiger partial charge in [-0.1, -0.05) is 267 Å². The van der Waals surface area contributed by atoms with Gasteiger partial charge in [0, 0.05) is 50.2 Å². The number of fused-ring (bicyclic) bond motifs is 6. The third-order valence-corrected chi connectivity index (χ3v) is 58.0. The zero-order valence-electron chi connectivity index (χ0n) is 54.0. The molecule has 18 nitrogen and oxygen atoms in total. The molecule has 6 bridgehead atoms. The van der Waals surface area contributed by atoms with E-state index in [2.05, 4.69) is 0 Å². The molecule has 0 radical (unpaired) electrons. The number of benzene rings is 10. The Kier molecular flexibility index (Phi) is 19.4. The number of hydrogen-bond acceptors (Lipinski definition) is 18. The van der Waals surface area contributed by atoms with Crippen LogP contribution in [0, 0.1) is 0 Å². The summed E-state index contributed by atoms with van der Waals surface area (Å²) in [6.45, 7) is 6.59. The predicted octanol–water partition coefficient (Wildman–Crippen LogP) is 6.78. The van der Waals surface area contributed by atoms with Crippen LogP contribution in [0.5, 0.6) is 11.5 Å². The molecule has 10 unspecified atom stereocenters. The first-order valence-electron chi connectivity index (χ1n) is 32.2. The highest BCUT2D eigenvalue weighted by Crippen LogP contribution is 2.45. The van der Waals surface area contributed by atoms with E-state index in [-0.39, 0.29) is 12.1 Å². The summed E-state index contributed by atoms with van der Waals surface area (Å²) < 4.78 is 120. The van der Waals surface area contributed by atoms with E-state index in [1.807, 2.05) is 268 Å². The fourth-order valence-corrected chi connectivity index (χ4v) is 64.6. The van der Waals surface area contributed by atoms with Crippen molar-refractivity contribution in [3.05, 3.63) is 302 Å². The molecular weight excluding hydrogens is 1410 g/mol. The summed E-state index contributed by atoms with van der Waals surface area (Å²) in [5, 5.41) is 3.57. The molecule has 28 heteroatoms. The molecule has 1 N–H and O–H groups in total. The SMILES string of the molecule is CC(=O)Oc1ccc(CC[Si]2(C)O[Si](O)(c3ccccc3)O[Si]3(c4ccccc4)O[Si]4(c5ccccc5)O[SiH](c5ccccc5)O[Si]5(c6ccccc6)O[Si](c6ccccc6)(O2)O[Si](c2ccccc2)(O[Si](c2ccccc2)(O[Si](C)(CCc2ccc(OC(C)=O)cc2)O4)O5)O3)cc1. The van der Waals surface area contributed by atoms with E-state index < -0.39 is 100.0 Å². The maximum Gasteiger partial charge on any atom is 0.518 e. The van der Waals surface area contributed by atoms with Crippen LogP contribution in [0.25, 0.3) is 0 Å². The van der Waals surface area contributed by atoms with E-state index >= 15 is 0 Å². The maximum absolute atomic E-state index is 15.0. The largest absolute Gasteiger partial charge is 0.518 e. The number of rotatable bonds is 16. The highest BCUT2D eigenvalue weighted by atomic mass is 28.6. The van der Waals surface area contributed by atoms with Gasteiger partial charge in [-0.2, -0.15) is 0 Å². The van der Waals surface area contributed by atoms with Gasteiger partial charge in [0.15, 0.2) is 0 Å². The molecule has 4 heterocycles. The van der Waals surface area contributed by atoms with Crippen molar-refractivity contribution in [3.8, 4) is 11.5 Å². The van der Waals surface area contributed by atoms with Gasteiger partial charge in [0.2, 0.25) is 0 Å². The second-order valence-corrected chi connectivity index (χ2v) is 53.9. The molecule has 4 aliphatic heterocycles. The Hall–Kier alpha value is -7.25. The second-order valence-electron chi connectivity index (χ2n) is 24.3. The molecule has 4 aliphatic rings. The Morgan fingerprint density at radius 1 is 0.316 bits per heavy atom. The van der Waals surface area contributed by atoms with Crippen molar-refractivity contribution in [1.29, 1.82) is 0 Å². The van der Waals surface area contributed by atoms with E-state index in [0.717, 1.165) is 11.1 Å². The van der Waals surface area contributed by atoms with Gasteiger partial charge in [-0.05, 0) is 78.6 Å². The first kappa shape index (κ1) is 67.9. The summed E-state index contributed by atoms with van der Waals surface area (Å²) in [6.07, 6.45) is 0.640. The number of hydrogen-bond donors (Lipinski definition) is 1. The van der Waals surface area contributed by atoms with Gasteiger partial charge in [-0.3, -0.25) is 9.59 Å². The molecule has 4 fully saturated rings. The number of esters is 2. The Morgan fingerprint density at radius 2 is 0.571 bits per heavy atom. The number of carbonyl (C=O) groups is 2. The highest BCUT2D eigenvalue weighted by molar-refractivity contribution is 7.10. The first-order chi connectivity index (χ1) is 47.4. The van der Waals surface area contributed by atoms with Gasteiger partial charge in [0.1, 0.15) is 11.5 Å². The molecule has 10 atom stereocenters. The topological polar surface area (TPSA) is 193 Å². The molecule has 0 aromatic heterocycles. The molecule has 0 amide bonds. The van der Waals surface area contributed by atoms with E-state index in [9.17, 15) is 14.4 Å². The third kappa shape index (κ3) is 14.3. The number of aryl methyl sites for hydroxylation is 2. The highest BCUT2D eigenvalue weighted by Gasteiger charge is 2.79. The minimum Gasteiger partial charge on any atom is -0.427 e. The monoisotopic (exact) mass is 1480 g/mol. The molecule has 0 saturated carbocycles. The fraction of sp³-hybridized carbons (Fsp3) is 0.114. The zero-order valence-corrected chi connectivity index (χ0v) is 64.2. The summed E-state index contributed by atoms with van der Waals surface area (Å²) >= 11 is 0. The van der Waals surface area contributed by atoms with Crippen LogP contribution in [-0.4, -0.2) is 105 Å². The number of ether oxygens (including phenoxy) is 2. The summed E-state index contributed by atoms with van der Waals surface area (Å²) in [5.74, 6) is -0.142. The second kappa shape index (κ2) is 28.1. The summed E-state index contributed by atoms with van der Waals surface area (Å²) in [6, 6.07) is 90.4. The lowest BCUT2D eigenvalue weighted by Crippen LogP contribution is -2.89. The van der Waals surface area contributed by atoms with E-state index in [1.54, 1.807) is 36.4 Å². The lowest BCUT2D eigenvalue weighted by Gasteiger charge is -2.57. The smallest absolute Gasteiger partial charge is 0.427 e. The van der Waals surface area contributed by atoms with Gasteiger partial charge in [0.25, 0.3) is 0 Å². The minimum absolute atomic E-state index is 0.127. The van der Waals surface area contributed by atoms with Crippen LogP contribution in [0.4, 0.5) is 0 Å². The molecule has 498 valence electrons. The third-order valence-electron chi connectivity index (χ3n) is 16.9. The fourth-order valence-electron chi connectivity index (χ4n) is 12.3. The molecular formula is C70H70O18Si10. The van der Waals surface area contributed by atoms with Crippen LogP contribution >= 0.6 is 0 Å². The van der Waals surface area contributed by atoms with Crippen molar-refractivity contribution in [3.63, 3.8) is 0 Å². The molecule has 98 heavy (non-hydrogen) atoms. The van der Waals surface area contributed by atoms with Crippen LogP contribution in [0.2, 0.25) is 25.2 Å². The Balaban J connectivity index is 1.16. The molecule has 10 aromatic rings. The Bertz CT molecular complexity index is 4340. The van der Waals surface area contributed by atoms with Crippen molar-refractivity contribution in [2.45, 2.75) is 51.9 Å². The molecule has 10 aromatic carbocycles. The summed E-state index contributed by atoms with van der Waals surface area (Å²) in [7, 11) is -49.5. The first-order valence-corrected chi connectivity index (χ1v) is 50.9. The standard InChI is InChI=1S/C70H70O18Si10/c1-57(71)74-61-49-45-59(46-50-61)53-55-90(3)78-92(73,64-31-15-6-16-32-64)82-97(69-41-25-11-26-42-69)83-93(65-33-17-7-18-34-65)76-89(63-29-13-5-14-30-63)77-94(66-35-19-8-20-36-66)84-95(80-90,67-37-21-9-22-38-67)86-98(88-97,70-43-27-12-28-44-70)87-96(85-94,68-39-23-10-24-40-68)81-91(4,79-93)56-54-60-47-51-62(52-48-60)75-58(2)72/h5-52,73,89H,53-56H2,1-4H3. The van der Waals surface area contributed by atoms with E-state index in [1.165, 1.54) is 13.8 Å². The lowest BCUT2D eigenvalue weighted by molar-refractivity contribution is -0.132. The average molecular weight is 1480 g/mol. The van der Waals surface area contributed by atoms with Gasteiger partial charge in [-0.15, -0.1) is 0 Å². The van der Waals surface area contributed by atoms with Crippen LogP contribution in [0.3, 0.4) is 0 Å². The quantitative estimate of drug-likeness (QED) is 0.0604. The van der Waals surface area contributed by atoms with Crippen molar-refractivity contribution < 1.29 is 77.4 Å². The summed E-state index contributed by atoms with van der Waals surface area (Å²) in [5.41, 5.74) is 1.70. The van der Waals surface area contributed by atoms with E-state index in [4.69, 9.17) is 63.0 Å². The van der Waals surface area contributed by atoms with Gasteiger partial charge in [-0.25, -0.2) is 0 Å². The molecule has 0 spiro atoms. The van der Waals surface area contributed by atoms with Crippen LogP contribution < -0.4 is 51.0 Å². The van der Waals surface area contributed by atoms with Crippen molar-refractivity contribution in [1.82, 2.24) is 0 Å². The minimum atomic E-state index is -5.49. The Labute approximate surface area is 580 Å². The van der Waals surface area contributed by atoms with Crippen molar-refractivity contribution >= 4 is 141 Å². The van der Waals surface area contributed by atoms with Crippen LogP contribution in [0.1, 0.15) is 25.0 Å². The van der Waals surface area contributed by atoms with Gasteiger partial charge in [0.05, 0.1) is 0 Å². The van der Waals surface area contributed by atoms with Crippen molar-refractivity contribution in [2.75, 3.05) is 0 Å². The summed E-state index contributed by atoms with van der Waals surface area (Å²) in [4.78, 5) is 39.4. The number of carbonyl (C=O) groups excluding carboxylic acids is 2. The Morgan fingerprint density at radius 3 is 0.908 bits per heavy atom. The van der Waals surface area contributed by atoms with Crippen LogP contribution in [-0.2, 0) is 75.9 Å². The van der Waals surface area contributed by atoms with Crippen LogP contribution in [0.15, 0.2) is 291 Å². The normalized spacial score (nSPS) is 29.3. The van der Waals surface area contributed by atoms with E-state index in [0.29, 0.717) is 65.8 Å². The molecule has 0 aliphatic carbocycles. The molecule has 14 rings (SSSR count). The van der Waals surface area contributed by atoms with Gasteiger partial charge < -0.3 is 67.8 Å². The average Bonchev–Trinajstić information content (AvgIpc) is 0.690. The lowest BCUT2D eigenvalue weighted by atomic mass is 10.2. The van der Waals surface area contributed by atoms with Crippen molar-refractivity contribution in [2.24, 2.45) is 0 Å². The zero-order chi connectivity index (χ0) is 67.5. The van der Waals surface area contributed by atoms with Gasteiger partial charge >= 0.3 is 100.0 Å². The predicted molar refractivity (Wildman–Crippen MR) is 388 cm³/mol.